The number of sulfone groups is 1. The van der Waals surface area contributed by atoms with Crippen molar-refractivity contribution in [2.75, 3.05) is 38.6 Å². The predicted molar refractivity (Wildman–Crippen MR) is 99.4 cm³/mol. The van der Waals surface area contributed by atoms with Gasteiger partial charge in [0.2, 0.25) is 0 Å². The number of hydrogen-bond donors (Lipinski definition) is 2. The number of halogens is 1. The van der Waals surface area contributed by atoms with E-state index in [0.29, 0.717) is 32.3 Å². The second-order valence-corrected chi connectivity index (χ2v) is 8.18. The second-order valence-electron chi connectivity index (χ2n) is 5.32. The monoisotopic (exact) mass is 435 g/mol. The molecule has 0 bridgehead atoms. The summed E-state index contributed by atoms with van der Waals surface area (Å²) >= 11 is 0. The summed E-state index contributed by atoms with van der Waals surface area (Å²) in [7, 11) is -3.11. The van der Waals surface area contributed by atoms with Crippen LogP contribution in [-0.2, 0) is 14.6 Å². The second kappa shape index (κ2) is 11.5. The molecule has 0 saturated carbocycles. The first-order chi connectivity index (χ1) is 9.24. The fraction of sp³-hybridized carbons (Fsp3) is 0.923. The lowest BCUT2D eigenvalue weighted by Gasteiger charge is -2.19. The van der Waals surface area contributed by atoms with Crippen LogP contribution in [0.2, 0.25) is 0 Å². The minimum Gasteiger partial charge on any atom is -0.380 e. The van der Waals surface area contributed by atoms with E-state index in [1.807, 2.05) is 13.8 Å². The normalized spacial score (nSPS) is 12.7. The molecule has 0 aromatic carbocycles. The van der Waals surface area contributed by atoms with Gasteiger partial charge in [-0.15, -0.1) is 24.0 Å². The van der Waals surface area contributed by atoms with Crippen molar-refractivity contribution in [2.24, 2.45) is 4.99 Å². The van der Waals surface area contributed by atoms with Crippen LogP contribution in [0.5, 0.6) is 0 Å². The van der Waals surface area contributed by atoms with Gasteiger partial charge in [0.15, 0.2) is 15.8 Å². The average Bonchev–Trinajstić information content (AvgIpc) is 2.33. The molecular formula is C13H30IN3O3S. The van der Waals surface area contributed by atoms with E-state index in [1.54, 1.807) is 20.8 Å². The Bertz CT molecular complexity index is 392. The van der Waals surface area contributed by atoms with Gasteiger partial charge in [-0.25, -0.2) is 8.42 Å². The Balaban J connectivity index is 0. The third-order valence-electron chi connectivity index (χ3n) is 2.65. The van der Waals surface area contributed by atoms with Gasteiger partial charge >= 0.3 is 0 Å². The summed E-state index contributed by atoms with van der Waals surface area (Å²) in [5, 5.41) is 6.10. The van der Waals surface area contributed by atoms with Gasteiger partial charge in [-0.05, 0) is 34.6 Å². The third-order valence-corrected chi connectivity index (χ3v) is 5.26. The first-order valence-corrected chi connectivity index (χ1v) is 8.72. The van der Waals surface area contributed by atoms with Crippen molar-refractivity contribution in [1.29, 1.82) is 0 Å². The van der Waals surface area contributed by atoms with E-state index in [9.17, 15) is 8.42 Å². The first kappa shape index (κ1) is 23.2. The lowest BCUT2D eigenvalue weighted by molar-refractivity contribution is 0.155. The van der Waals surface area contributed by atoms with Crippen LogP contribution >= 0.6 is 24.0 Å². The summed E-state index contributed by atoms with van der Waals surface area (Å²) in [5.74, 6) is 0.711. The standard InChI is InChI=1S/C13H29N3O3S.HI/c1-6-14-12(15-8-10-19-7-2)16-9-11-20(17,18)13(3,4)5;/h6-11H2,1-5H3,(H2,14,15,16);1H. The molecule has 0 aliphatic rings. The van der Waals surface area contributed by atoms with Crippen LogP contribution in [-0.4, -0.2) is 57.7 Å². The van der Waals surface area contributed by atoms with Crippen LogP contribution in [0, 0.1) is 0 Å². The molecule has 21 heavy (non-hydrogen) atoms. The highest BCUT2D eigenvalue weighted by Crippen LogP contribution is 2.15. The van der Waals surface area contributed by atoms with Gasteiger partial charge in [-0.3, -0.25) is 4.99 Å². The summed E-state index contributed by atoms with van der Waals surface area (Å²) < 4.78 is 28.4. The molecule has 0 radical (unpaired) electrons. The topological polar surface area (TPSA) is 79.8 Å². The fourth-order valence-electron chi connectivity index (χ4n) is 1.32. The average molecular weight is 435 g/mol. The van der Waals surface area contributed by atoms with Crippen LogP contribution in [0.4, 0.5) is 0 Å². The maximum absolute atomic E-state index is 12.0. The van der Waals surface area contributed by atoms with Gasteiger partial charge in [-0.2, -0.15) is 0 Å². The van der Waals surface area contributed by atoms with Crippen LogP contribution in [0.25, 0.3) is 0 Å². The lowest BCUT2D eigenvalue weighted by atomic mass is 10.3. The Morgan fingerprint density at radius 3 is 2.29 bits per heavy atom. The highest BCUT2D eigenvalue weighted by atomic mass is 127. The number of guanidine groups is 1. The minimum atomic E-state index is -3.11. The van der Waals surface area contributed by atoms with Crippen molar-refractivity contribution >= 4 is 39.8 Å². The maximum Gasteiger partial charge on any atom is 0.191 e. The van der Waals surface area contributed by atoms with Crippen molar-refractivity contribution in [1.82, 2.24) is 10.6 Å². The van der Waals surface area contributed by atoms with E-state index < -0.39 is 14.6 Å². The maximum atomic E-state index is 12.0. The molecule has 0 heterocycles. The van der Waals surface area contributed by atoms with E-state index in [-0.39, 0.29) is 29.7 Å². The molecule has 2 N–H and O–H groups in total. The highest BCUT2D eigenvalue weighted by Gasteiger charge is 2.28. The number of nitrogens with one attached hydrogen (secondary N) is 2. The molecule has 0 rings (SSSR count). The summed E-state index contributed by atoms with van der Waals surface area (Å²) in [6, 6.07) is 0. The molecule has 0 atom stereocenters. The molecule has 0 fully saturated rings. The molecule has 0 aromatic rings. The highest BCUT2D eigenvalue weighted by molar-refractivity contribution is 14.0. The zero-order valence-corrected chi connectivity index (χ0v) is 16.9. The Hall–Kier alpha value is -0.0900. The quantitative estimate of drug-likeness (QED) is 0.261. The zero-order valence-electron chi connectivity index (χ0n) is 13.7. The Kier molecular flexibility index (Phi) is 12.7. The largest absolute Gasteiger partial charge is 0.380 e. The Morgan fingerprint density at radius 2 is 1.81 bits per heavy atom. The van der Waals surface area contributed by atoms with Crippen molar-refractivity contribution in [3.63, 3.8) is 0 Å². The van der Waals surface area contributed by atoms with Crippen molar-refractivity contribution in [2.45, 2.75) is 39.4 Å². The SMILES string of the molecule is CCNC(=NCCOCC)NCCS(=O)(=O)C(C)(C)C.I. The molecule has 0 aliphatic carbocycles. The smallest absolute Gasteiger partial charge is 0.191 e. The molecule has 128 valence electrons. The molecule has 6 nitrogen and oxygen atoms in total. The summed E-state index contributed by atoms with van der Waals surface area (Å²) in [6.07, 6.45) is 0. The predicted octanol–water partition coefficient (Wildman–Crippen LogP) is 1.41. The number of rotatable bonds is 8. The van der Waals surface area contributed by atoms with E-state index in [1.165, 1.54) is 0 Å². The van der Waals surface area contributed by atoms with Crippen molar-refractivity contribution < 1.29 is 13.2 Å². The van der Waals surface area contributed by atoms with E-state index in [4.69, 9.17) is 4.74 Å². The molecule has 0 spiro atoms. The lowest BCUT2D eigenvalue weighted by Crippen LogP contribution is -2.42. The van der Waals surface area contributed by atoms with Crippen molar-refractivity contribution in [3.05, 3.63) is 0 Å². The summed E-state index contributed by atoms with van der Waals surface area (Å²) in [6.45, 7) is 11.9. The number of hydrogen-bond acceptors (Lipinski definition) is 4. The molecule has 0 saturated heterocycles. The number of aliphatic imine (C=N–C) groups is 1. The van der Waals surface area contributed by atoms with Gasteiger partial charge in [0.25, 0.3) is 0 Å². The molecule has 0 unspecified atom stereocenters. The molecule has 8 heteroatoms. The van der Waals surface area contributed by atoms with Crippen LogP contribution < -0.4 is 10.6 Å². The van der Waals surface area contributed by atoms with Gasteiger partial charge in [-0.1, -0.05) is 0 Å². The molecule has 0 amide bonds. The van der Waals surface area contributed by atoms with Crippen LogP contribution in [0.15, 0.2) is 4.99 Å². The first-order valence-electron chi connectivity index (χ1n) is 7.06. The number of nitrogens with zero attached hydrogens (tertiary/aromatic N) is 1. The zero-order chi connectivity index (χ0) is 15.6. The van der Waals surface area contributed by atoms with Gasteiger partial charge in [0.1, 0.15) is 0 Å². The van der Waals surface area contributed by atoms with Gasteiger partial charge in [0.05, 0.1) is 23.7 Å². The van der Waals surface area contributed by atoms with E-state index in [0.717, 1.165) is 6.54 Å². The minimum absolute atomic E-state index is 0. The molecule has 0 aliphatic heterocycles. The Labute approximate surface area is 146 Å². The van der Waals surface area contributed by atoms with Gasteiger partial charge < -0.3 is 15.4 Å². The summed E-state index contributed by atoms with van der Waals surface area (Å²) in [4.78, 5) is 4.31. The molecule has 0 aromatic heterocycles. The van der Waals surface area contributed by atoms with E-state index in [2.05, 4.69) is 15.6 Å². The number of ether oxygens (including phenoxy) is 1. The summed E-state index contributed by atoms with van der Waals surface area (Å²) in [5.41, 5.74) is 0. The van der Waals surface area contributed by atoms with Crippen molar-refractivity contribution in [3.8, 4) is 0 Å². The van der Waals surface area contributed by atoms with Crippen LogP contribution in [0.1, 0.15) is 34.6 Å². The van der Waals surface area contributed by atoms with Crippen LogP contribution in [0.3, 0.4) is 0 Å². The fourth-order valence-corrected chi connectivity index (χ4v) is 2.30. The molecular weight excluding hydrogens is 405 g/mol. The van der Waals surface area contributed by atoms with E-state index >= 15 is 0 Å². The Morgan fingerprint density at radius 1 is 1.19 bits per heavy atom. The third kappa shape index (κ3) is 10.3. The van der Waals surface area contributed by atoms with Gasteiger partial charge in [0, 0.05) is 19.7 Å².